The zero-order valence-electron chi connectivity index (χ0n) is 16.5. The summed E-state index contributed by atoms with van der Waals surface area (Å²) in [6.07, 6.45) is 8.12. The summed E-state index contributed by atoms with van der Waals surface area (Å²) in [6.45, 7) is 1.70. The van der Waals surface area contributed by atoms with Crippen LogP contribution in [0.1, 0.15) is 48.0 Å². The maximum absolute atomic E-state index is 12.8. The third kappa shape index (κ3) is 4.57. The van der Waals surface area contributed by atoms with Crippen molar-refractivity contribution >= 4 is 22.5 Å². The van der Waals surface area contributed by atoms with E-state index in [2.05, 4.69) is 15.6 Å². The second-order valence-electron chi connectivity index (χ2n) is 7.82. The fraction of sp³-hybridized carbons (Fsp3) is 0.333. The Morgan fingerprint density at radius 1 is 1.00 bits per heavy atom. The van der Waals surface area contributed by atoms with Gasteiger partial charge in [-0.1, -0.05) is 49.6 Å². The highest BCUT2D eigenvalue weighted by atomic mass is 16.2. The second kappa shape index (κ2) is 9.05. The Morgan fingerprint density at radius 2 is 1.76 bits per heavy atom. The van der Waals surface area contributed by atoms with Crippen molar-refractivity contribution in [1.82, 2.24) is 10.3 Å². The molecule has 1 saturated carbocycles. The summed E-state index contributed by atoms with van der Waals surface area (Å²) in [4.78, 5) is 28.5. The number of para-hydroxylation sites is 2. The number of benzene rings is 2. The Balaban J connectivity index is 1.46. The van der Waals surface area contributed by atoms with Crippen molar-refractivity contribution in [3.8, 4) is 0 Å². The van der Waals surface area contributed by atoms with Gasteiger partial charge in [0.25, 0.3) is 5.91 Å². The maximum Gasteiger partial charge on any atom is 0.261 e. The summed E-state index contributed by atoms with van der Waals surface area (Å²) in [7, 11) is 0. The minimum absolute atomic E-state index is 0.119. The number of aromatic amines is 1. The number of pyridine rings is 1. The minimum atomic E-state index is -0.392. The van der Waals surface area contributed by atoms with Crippen LogP contribution in [-0.4, -0.2) is 17.4 Å². The van der Waals surface area contributed by atoms with E-state index in [1.807, 2.05) is 36.4 Å². The van der Waals surface area contributed by atoms with Crippen molar-refractivity contribution in [2.75, 3.05) is 11.9 Å². The van der Waals surface area contributed by atoms with Crippen LogP contribution in [0.15, 0.2) is 59.5 Å². The van der Waals surface area contributed by atoms with Crippen molar-refractivity contribution < 1.29 is 4.79 Å². The third-order valence-corrected chi connectivity index (χ3v) is 5.77. The predicted molar refractivity (Wildman–Crippen MR) is 117 cm³/mol. The van der Waals surface area contributed by atoms with Crippen molar-refractivity contribution in [2.24, 2.45) is 5.92 Å². The first-order valence-electron chi connectivity index (χ1n) is 10.4. The highest BCUT2D eigenvalue weighted by Crippen LogP contribution is 2.23. The molecule has 3 N–H and O–H groups in total. The zero-order chi connectivity index (χ0) is 20.1. The molecule has 5 nitrogen and oxygen atoms in total. The zero-order valence-corrected chi connectivity index (χ0v) is 16.5. The van der Waals surface area contributed by atoms with E-state index >= 15 is 0 Å². The first-order valence-corrected chi connectivity index (χ1v) is 10.4. The van der Waals surface area contributed by atoms with Crippen LogP contribution in [0.5, 0.6) is 0 Å². The van der Waals surface area contributed by atoms with Crippen LogP contribution in [-0.2, 0) is 6.54 Å². The molecule has 5 heteroatoms. The molecule has 2 aromatic carbocycles. The first-order chi connectivity index (χ1) is 14.2. The van der Waals surface area contributed by atoms with Gasteiger partial charge in [0.15, 0.2) is 0 Å². The number of carbonyl (C=O) groups is 1. The van der Waals surface area contributed by atoms with E-state index < -0.39 is 5.91 Å². The lowest BCUT2D eigenvalue weighted by Gasteiger charge is -2.22. The highest BCUT2D eigenvalue weighted by Gasteiger charge is 2.15. The Labute approximate surface area is 170 Å². The quantitative estimate of drug-likeness (QED) is 0.583. The van der Waals surface area contributed by atoms with E-state index in [1.165, 1.54) is 38.3 Å². The summed E-state index contributed by atoms with van der Waals surface area (Å²) in [5.74, 6) is 0.360. The van der Waals surface area contributed by atoms with E-state index in [4.69, 9.17) is 0 Å². The van der Waals surface area contributed by atoms with Crippen LogP contribution >= 0.6 is 0 Å². The number of carbonyl (C=O) groups excluding carboxylic acids is 1. The lowest BCUT2D eigenvalue weighted by molar-refractivity contribution is 0.102. The summed E-state index contributed by atoms with van der Waals surface area (Å²) in [6, 6.07) is 15.0. The van der Waals surface area contributed by atoms with Gasteiger partial charge in [0.05, 0.1) is 0 Å². The molecule has 1 aromatic heterocycles. The molecule has 1 heterocycles. The van der Waals surface area contributed by atoms with Crippen LogP contribution in [0.4, 0.5) is 5.69 Å². The topological polar surface area (TPSA) is 74.0 Å². The van der Waals surface area contributed by atoms with Gasteiger partial charge < -0.3 is 15.6 Å². The monoisotopic (exact) mass is 389 g/mol. The number of rotatable bonds is 6. The van der Waals surface area contributed by atoms with Crippen molar-refractivity contribution in [2.45, 2.75) is 38.6 Å². The normalized spacial score (nSPS) is 14.8. The fourth-order valence-corrected chi connectivity index (χ4v) is 4.12. The third-order valence-electron chi connectivity index (χ3n) is 5.77. The Kier molecular flexibility index (Phi) is 6.06. The molecule has 0 bridgehead atoms. The van der Waals surface area contributed by atoms with Gasteiger partial charge in [-0.25, -0.2) is 0 Å². The average Bonchev–Trinajstić information content (AvgIpc) is 2.76. The molecule has 29 heavy (non-hydrogen) atoms. The van der Waals surface area contributed by atoms with Crippen LogP contribution in [0.25, 0.3) is 10.9 Å². The molecule has 4 rings (SSSR count). The van der Waals surface area contributed by atoms with Crippen molar-refractivity contribution in [3.63, 3.8) is 0 Å². The Morgan fingerprint density at radius 3 is 2.62 bits per heavy atom. The summed E-state index contributed by atoms with van der Waals surface area (Å²) < 4.78 is 0. The number of anilines is 1. The van der Waals surface area contributed by atoms with Gasteiger partial charge >= 0.3 is 0 Å². The van der Waals surface area contributed by atoms with E-state index in [0.29, 0.717) is 11.9 Å². The molecule has 0 aliphatic heterocycles. The number of hydrogen-bond acceptors (Lipinski definition) is 3. The van der Waals surface area contributed by atoms with E-state index in [1.54, 1.807) is 12.1 Å². The molecule has 0 radical (unpaired) electrons. The van der Waals surface area contributed by atoms with Crippen LogP contribution in [0.2, 0.25) is 0 Å². The Bertz CT molecular complexity index is 1050. The van der Waals surface area contributed by atoms with Crippen LogP contribution in [0, 0.1) is 5.92 Å². The number of fused-ring (bicyclic) bond motifs is 1. The van der Waals surface area contributed by atoms with Gasteiger partial charge in [0.1, 0.15) is 5.56 Å². The molecule has 1 fully saturated rings. The van der Waals surface area contributed by atoms with Gasteiger partial charge in [-0.05, 0) is 49.1 Å². The van der Waals surface area contributed by atoms with Gasteiger partial charge in [0.2, 0.25) is 5.43 Å². The van der Waals surface area contributed by atoms with Crippen molar-refractivity contribution in [1.29, 1.82) is 0 Å². The average molecular weight is 389 g/mol. The maximum atomic E-state index is 12.8. The standard InChI is InChI=1S/C24H27N3O2/c28-23-19-11-5-7-13-22(19)26-16-20(23)24(29)27-21-12-6-4-10-18(21)15-25-14-17-8-2-1-3-9-17/h4-7,10-13,16-17,25H,1-3,8-9,14-15H2,(H,26,28)(H,27,29). The smallest absolute Gasteiger partial charge is 0.261 e. The van der Waals surface area contributed by atoms with Gasteiger partial charge in [0, 0.05) is 29.3 Å². The highest BCUT2D eigenvalue weighted by molar-refractivity contribution is 6.06. The number of aromatic nitrogens is 1. The lowest BCUT2D eigenvalue weighted by Crippen LogP contribution is -2.25. The molecule has 1 aliphatic carbocycles. The molecule has 150 valence electrons. The molecular formula is C24H27N3O2. The van der Waals surface area contributed by atoms with Crippen LogP contribution in [0.3, 0.4) is 0 Å². The SMILES string of the molecule is O=C(Nc1ccccc1CNCC1CCCCC1)c1c[nH]c2ccccc2c1=O. The minimum Gasteiger partial charge on any atom is -0.360 e. The van der Waals surface area contributed by atoms with Gasteiger partial charge in [-0.3, -0.25) is 9.59 Å². The summed E-state index contributed by atoms with van der Waals surface area (Å²) in [5, 5.41) is 6.98. The number of amides is 1. The lowest BCUT2D eigenvalue weighted by atomic mass is 9.89. The fourth-order valence-electron chi connectivity index (χ4n) is 4.12. The molecular weight excluding hydrogens is 362 g/mol. The van der Waals surface area contributed by atoms with E-state index in [0.717, 1.165) is 29.2 Å². The number of H-pyrrole nitrogens is 1. The molecule has 1 aliphatic rings. The number of nitrogens with one attached hydrogen (secondary N) is 3. The second-order valence-corrected chi connectivity index (χ2v) is 7.82. The number of hydrogen-bond donors (Lipinski definition) is 3. The predicted octanol–water partition coefficient (Wildman–Crippen LogP) is 4.45. The molecule has 0 unspecified atom stereocenters. The molecule has 3 aromatic rings. The van der Waals surface area contributed by atoms with Gasteiger partial charge in [-0.2, -0.15) is 0 Å². The summed E-state index contributed by atoms with van der Waals surface area (Å²) in [5.41, 5.74) is 2.34. The first kappa shape index (κ1) is 19.4. The molecule has 0 saturated heterocycles. The van der Waals surface area contributed by atoms with E-state index in [9.17, 15) is 9.59 Å². The largest absolute Gasteiger partial charge is 0.360 e. The van der Waals surface area contributed by atoms with E-state index in [-0.39, 0.29) is 11.0 Å². The molecule has 0 atom stereocenters. The van der Waals surface area contributed by atoms with Gasteiger partial charge in [-0.15, -0.1) is 0 Å². The van der Waals surface area contributed by atoms with Crippen LogP contribution < -0.4 is 16.1 Å². The Hall–Kier alpha value is -2.92. The summed E-state index contributed by atoms with van der Waals surface area (Å²) >= 11 is 0. The molecule has 0 spiro atoms. The molecule has 1 amide bonds. The van der Waals surface area contributed by atoms with Crippen molar-refractivity contribution in [3.05, 3.63) is 76.1 Å².